The minimum atomic E-state index is -0.615. The van der Waals surface area contributed by atoms with E-state index < -0.39 is 5.41 Å². The SMILES string of the molecule is c1ccc(-c2ccc(N(c3ccccc3)c3ccc4c(c3)-c3cc(N(c5ccccc5)c5ccc6ccccc6c5)ccc3C43c4ccccc4N(c4ccccc4)c4ccccc43)cc2)cc1. The van der Waals surface area contributed by atoms with Gasteiger partial charge in [-0.3, -0.25) is 0 Å². The largest absolute Gasteiger partial charge is 0.310 e. The number of nitrogens with zero attached hydrogens (tertiary/aromatic N) is 3. The maximum absolute atomic E-state index is 2.45. The van der Waals surface area contributed by atoms with Gasteiger partial charge in [0.25, 0.3) is 0 Å². The van der Waals surface area contributed by atoms with Gasteiger partial charge in [-0.2, -0.15) is 0 Å². The topological polar surface area (TPSA) is 9.72 Å². The summed E-state index contributed by atoms with van der Waals surface area (Å²) in [5.41, 5.74) is 19.3. The number of hydrogen-bond acceptors (Lipinski definition) is 3. The average Bonchev–Trinajstić information content (AvgIpc) is 3.69. The van der Waals surface area contributed by atoms with Gasteiger partial charge in [-0.05, 0) is 152 Å². The molecule has 2 aliphatic rings. The third-order valence-electron chi connectivity index (χ3n) is 14.0. The number of anilines is 9. The van der Waals surface area contributed by atoms with Gasteiger partial charge in [0.15, 0.2) is 0 Å². The molecule has 320 valence electrons. The van der Waals surface area contributed by atoms with E-state index >= 15 is 0 Å². The summed E-state index contributed by atoms with van der Waals surface area (Å²) in [6.45, 7) is 0. The van der Waals surface area contributed by atoms with Crippen molar-refractivity contribution in [1.82, 2.24) is 0 Å². The summed E-state index contributed by atoms with van der Waals surface area (Å²) < 4.78 is 0. The van der Waals surface area contributed by atoms with Gasteiger partial charge in [0.05, 0.1) is 16.8 Å². The molecule has 1 aliphatic heterocycles. The summed E-state index contributed by atoms with van der Waals surface area (Å²) in [6.07, 6.45) is 0. The van der Waals surface area contributed by atoms with Gasteiger partial charge in [0.1, 0.15) is 0 Å². The molecule has 0 N–H and O–H groups in total. The Morgan fingerprint density at radius 2 is 0.662 bits per heavy atom. The van der Waals surface area contributed by atoms with Crippen molar-refractivity contribution in [2.45, 2.75) is 5.41 Å². The van der Waals surface area contributed by atoms with E-state index in [1.165, 1.54) is 66.7 Å². The van der Waals surface area contributed by atoms with Gasteiger partial charge in [-0.15, -0.1) is 0 Å². The van der Waals surface area contributed by atoms with Gasteiger partial charge < -0.3 is 14.7 Å². The number of rotatable bonds is 8. The van der Waals surface area contributed by atoms with Crippen molar-refractivity contribution < 1.29 is 0 Å². The average molecular weight is 868 g/mol. The van der Waals surface area contributed by atoms with E-state index in [0.29, 0.717) is 0 Å². The zero-order valence-corrected chi connectivity index (χ0v) is 37.3. The molecule has 0 atom stereocenters. The van der Waals surface area contributed by atoms with Crippen LogP contribution in [0.2, 0.25) is 0 Å². The summed E-state index contributed by atoms with van der Waals surface area (Å²) in [5, 5.41) is 2.43. The molecule has 0 unspecified atom stereocenters. The van der Waals surface area contributed by atoms with Gasteiger partial charge in [0.2, 0.25) is 0 Å². The van der Waals surface area contributed by atoms with E-state index in [4.69, 9.17) is 0 Å². The fourth-order valence-corrected chi connectivity index (χ4v) is 11.1. The predicted octanol–water partition coefficient (Wildman–Crippen LogP) is 17.6. The fourth-order valence-electron chi connectivity index (χ4n) is 11.1. The molecule has 3 nitrogen and oxygen atoms in total. The molecule has 1 spiro atoms. The lowest BCUT2D eigenvalue weighted by Gasteiger charge is -2.45. The Labute approximate surface area is 397 Å². The fraction of sp³-hybridized carbons (Fsp3) is 0.0154. The number of hydrogen-bond donors (Lipinski definition) is 0. The second-order valence-electron chi connectivity index (χ2n) is 17.7. The molecule has 68 heavy (non-hydrogen) atoms. The van der Waals surface area contributed by atoms with Crippen molar-refractivity contribution in [3.05, 3.63) is 295 Å². The third kappa shape index (κ3) is 6.28. The van der Waals surface area contributed by atoms with Crippen LogP contribution in [0.3, 0.4) is 0 Å². The maximum Gasteiger partial charge on any atom is 0.0754 e. The molecule has 0 aromatic heterocycles. The standard InChI is InChI=1S/C65H45N3/c1-5-19-46(20-6-1)48-33-36-53(37-34-48)66(50-23-7-2-8-24-50)55-39-41-59-57(44-55)58-45-56(67(51-25-9-3-10-26-51)54-38-35-47-21-13-14-22-49(47)43-54)40-42-60(58)65(59)61-29-15-17-31-63(61)68(52-27-11-4-12-28-52)64-32-18-16-30-62(64)65/h1-45H. The highest BCUT2D eigenvalue weighted by Crippen LogP contribution is 2.64. The molecule has 0 radical (unpaired) electrons. The van der Waals surface area contributed by atoms with Gasteiger partial charge in [-0.25, -0.2) is 0 Å². The van der Waals surface area contributed by atoms with E-state index in [1.807, 2.05) is 0 Å². The molecule has 11 aromatic rings. The summed E-state index contributed by atoms with van der Waals surface area (Å²) in [5.74, 6) is 0. The zero-order valence-electron chi connectivity index (χ0n) is 37.3. The molecule has 0 amide bonds. The van der Waals surface area contributed by atoms with Crippen LogP contribution in [0.5, 0.6) is 0 Å². The van der Waals surface area contributed by atoms with Gasteiger partial charge >= 0.3 is 0 Å². The smallest absolute Gasteiger partial charge is 0.0754 e. The Morgan fingerprint density at radius 3 is 1.24 bits per heavy atom. The lowest BCUT2D eigenvalue weighted by Crippen LogP contribution is -2.36. The van der Waals surface area contributed by atoms with E-state index in [0.717, 1.165) is 39.8 Å². The van der Waals surface area contributed by atoms with E-state index in [-0.39, 0.29) is 0 Å². The molecule has 11 aromatic carbocycles. The normalized spacial score (nSPS) is 12.8. The van der Waals surface area contributed by atoms with Crippen molar-refractivity contribution in [2.75, 3.05) is 14.7 Å². The minimum Gasteiger partial charge on any atom is -0.310 e. The first-order valence-corrected chi connectivity index (χ1v) is 23.4. The van der Waals surface area contributed by atoms with Crippen molar-refractivity contribution in [3.63, 3.8) is 0 Å². The van der Waals surface area contributed by atoms with Crippen LogP contribution in [-0.4, -0.2) is 0 Å². The zero-order chi connectivity index (χ0) is 45.0. The lowest BCUT2D eigenvalue weighted by atomic mass is 9.64. The van der Waals surface area contributed by atoms with Crippen molar-refractivity contribution in [2.24, 2.45) is 0 Å². The maximum atomic E-state index is 2.45. The molecule has 0 saturated carbocycles. The van der Waals surface area contributed by atoms with E-state index in [1.54, 1.807) is 0 Å². The Hall–Kier alpha value is -8.92. The van der Waals surface area contributed by atoms with Gasteiger partial charge in [-0.1, -0.05) is 176 Å². The van der Waals surface area contributed by atoms with Crippen molar-refractivity contribution >= 4 is 62.0 Å². The van der Waals surface area contributed by atoms with Crippen LogP contribution in [0, 0.1) is 0 Å². The molecule has 0 saturated heterocycles. The van der Waals surface area contributed by atoms with Crippen molar-refractivity contribution in [3.8, 4) is 22.3 Å². The molecular weight excluding hydrogens is 823 g/mol. The second kappa shape index (κ2) is 16.2. The van der Waals surface area contributed by atoms with E-state index in [2.05, 4.69) is 288 Å². The lowest BCUT2D eigenvalue weighted by molar-refractivity contribution is 0.752. The first kappa shape index (κ1) is 39.4. The number of fused-ring (bicyclic) bond motifs is 10. The summed E-state index contributed by atoms with van der Waals surface area (Å²) in [6, 6.07) is 99.9. The van der Waals surface area contributed by atoms with Crippen LogP contribution in [0.25, 0.3) is 33.0 Å². The number of para-hydroxylation sites is 5. The Kier molecular flexibility index (Phi) is 9.40. The summed E-state index contributed by atoms with van der Waals surface area (Å²) in [4.78, 5) is 7.25. The number of benzene rings is 11. The molecule has 0 fully saturated rings. The predicted molar refractivity (Wildman–Crippen MR) is 284 cm³/mol. The molecule has 1 aliphatic carbocycles. The monoisotopic (exact) mass is 867 g/mol. The van der Waals surface area contributed by atoms with Gasteiger partial charge in [0, 0.05) is 39.8 Å². The van der Waals surface area contributed by atoms with Crippen LogP contribution in [0.1, 0.15) is 22.3 Å². The Morgan fingerprint density at radius 1 is 0.265 bits per heavy atom. The molecule has 0 bridgehead atoms. The Bertz CT molecular complexity index is 3580. The van der Waals surface area contributed by atoms with Crippen LogP contribution in [0.4, 0.5) is 51.2 Å². The van der Waals surface area contributed by atoms with Crippen LogP contribution >= 0.6 is 0 Å². The highest BCUT2D eigenvalue weighted by atomic mass is 15.2. The summed E-state index contributed by atoms with van der Waals surface area (Å²) >= 11 is 0. The summed E-state index contributed by atoms with van der Waals surface area (Å²) in [7, 11) is 0. The van der Waals surface area contributed by atoms with Crippen LogP contribution in [0.15, 0.2) is 273 Å². The van der Waals surface area contributed by atoms with Crippen molar-refractivity contribution in [1.29, 1.82) is 0 Å². The second-order valence-corrected chi connectivity index (χ2v) is 17.7. The molecule has 1 heterocycles. The first-order chi connectivity index (χ1) is 33.7. The molecular formula is C65H45N3. The highest BCUT2D eigenvalue weighted by molar-refractivity contribution is 5.99. The van der Waals surface area contributed by atoms with E-state index in [9.17, 15) is 0 Å². The van der Waals surface area contributed by atoms with Crippen LogP contribution < -0.4 is 14.7 Å². The minimum absolute atomic E-state index is 0.615. The van der Waals surface area contributed by atoms with Crippen LogP contribution in [-0.2, 0) is 5.41 Å². The third-order valence-corrected chi connectivity index (χ3v) is 14.0. The molecule has 13 rings (SSSR count). The Balaban J connectivity index is 1.07. The first-order valence-electron chi connectivity index (χ1n) is 23.4. The molecule has 3 heteroatoms. The highest BCUT2D eigenvalue weighted by Gasteiger charge is 2.52. The quantitative estimate of drug-likeness (QED) is 0.151.